The molecule has 4 nitrogen and oxygen atoms in total. The molecule has 82 valence electrons. The van der Waals surface area contributed by atoms with E-state index in [0.29, 0.717) is 5.82 Å². The van der Waals surface area contributed by atoms with E-state index in [4.69, 9.17) is 5.73 Å². The number of nitrogen functional groups attached to an aromatic ring is 1. The molecule has 0 unspecified atom stereocenters. The molecule has 0 bridgehead atoms. The van der Waals surface area contributed by atoms with Crippen LogP contribution in [0.5, 0.6) is 0 Å². The first-order valence-corrected chi connectivity index (χ1v) is 5.59. The smallest absolute Gasteiger partial charge is 0.223 e. The van der Waals surface area contributed by atoms with E-state index in [1.165, 1.54) is 6.33 Å². The van der Waals surface area contributed by atoms with Crippen LogP contribution >= 0.6 is 15.9 Å². The molecule has 0 spiro atoms. The maximum absolute atomic E-state index is 5.53. The second kappa shape index (κ2) is 4.17. The first-order valence-electron chi connectivity index (χ1n) is 4.79. The molecule has 0 radical (unpaired) electrons. The minimum atomic E-state index is 0.239. The van der Waals surface area contributed by atoms with Gasteiger partial charge in [0.15, 0.2) is 5.82 Å². The highest BCUT2D eigenvalue weighted by atomic mass is 79.9. The van der Waals surface area contributed by atoms with Crippen molar-refractivity contribution in [2.24, 2.45) is 0 Å². The van der Waals surface area contributed by atoms with Gasteiger partial charge < -0.3 is 5.73 Å². The zero-order valence-corrected chi connectivity index (χ0v) is 10.6. The van der Waals surface area contributed by atoms with Crippen molar-refractivity contribution in [1.82, 2.24) is 15.0 Å². The topological polar surface area (TPSA) is 64.7 Å². The summed E-state index contributed by atoms with van der Waals surface area (Å²) in [6, 6.07) is 4.04. The summed E-state index contributed by atoms with van der Waals surface area (Å²) in [4.78, 5) is 12.0. The summed E-state index contributed by atoms with van der Waals surface area (Å²) in [6.45, 7) is 4.07. The fourth-order valence-electron chi connectivity index (χ4n) is 1.52. The number of anilines is 1. The van der Waals surface area contributed by atoms with Gasteiger partial charge in [0.05, 0.1) is 0 Å². The lowest BCUT2D eigenvalue weighted by Crippen LogP contribution is -1.98. The molecule has 5 heteroatoms. The Balaban J connectivity index is 2.57. The average Bonchev–Trinajstić information content (AvgIpc) is 2.25. The Hall–Kier alpha value is -1.49. The third-order valence-electron chi connectivity index (χ3n) is 2.29. The van der Waals surface area contributed by atoms with Gasteiger partial charge in [-0.05, 0) is 37.1 Å². The molecule has 2 aromatic rings. The fraction of sp³-hybridized carbons (Fsp3) is 0.182. The molecule has 2 rings (SSSR count). The van der Waals surface area contributed by atoms with E-state index in [9.17, 15) is 0 Å². The fourth-order valence-corrected chi connectivity index (χ4v) is 1.75. The second-order valence-corrected chi connectivity index (χ2v) is 4.38. The van der Waals surface area contributed by atoms with Crippen LogP contribution in [-0.2, 0) is 0 Å². The molecular weight excluding hydrogens is 268 g/mol. The summed E-state index contributed by atoms with van der Waals surface area (Å²) >= 11 is 3.52. The molecule has 0 saturated carbocycles. The number of rotatable bonds is 1. The zero-order chi connectivity index (χ0) is 11.7. The molecule has 2 N–H and O–H groups in total. The predicted octanol–water partition coefficient (Wildman–Crippen LogP) is 2.50. The summed E-state index contributed by atoms with van der Waals surface area (Å²) in [5.41, 5.74) is 8.78. The van der Waals surface area contributed by atoms with Gasteiger partial charge in [0, 0.05) is 10.0 Å². The Kier molecular flexibility index (Phi) is 2.87. The summed E-state index contributed by atoms with van der Waals surface area (Å²) in [7, 11) is 0. The Morgan fingerprint density at radius 2 is 1.75 bits per heavy atom. The molecule has 0 atom stereocenters. The molecule has 1 aromatic carbocycles. The van der Waals surface area contributed by atoms with Gasteiger partial charge in [-0.3, -0.25) is 0 Å². The van der Waals surface area contributed by atoms with Crippen LogP contribution in [0.4, 0.5) is 5.95 Å². The number of nitrogens with zero attached hydrogens (tertiary/aromatic N) is 3. The Labute approximate surface area is 102 Å². The lowest BCUT2D eigenvalue weighted by Gasteiger charge is -2.06. The quantitative estimate of drug-likeness (QED) is 0.871. The van der Waals surface area contributed by atoms with Crippen molar-refractivity contribution in [1.29, 1.82) is 0 Å². The molecule has 1 heterocycles. The first-order chi connectivity index (χ1) is 7.58. The van der Waals surface area contributed by atoms with Crippen LogP contribution in [-0.4, -0.2) is 15.0 Å². The van der Waals surface area contributed by atoms with Crippen LogP contribution in [0.25, 0.3) is 11.4 Å². The molecule has 1 aromatic heterocycles. The second-order valence-electron chi connectivity index (χ2n) is 3.59. The van der Waals surface area contributed by atoms with Crippen molar-refractivity contribution in [3.05, 3.63) is 34.1 Å². The summed E-state index contributed by atoms with van der Waals surface area (Å²) < 4.78 is 1.11. The first kappa shape index (κ1) is 11.0. The maximum Gasteiger partial charge on any atom is 0.223 e. The minimum absolute atomic E-state index is 0.239. The van der Waals surface area contributed by atoms with Crippen LogP contribution in [0, 0.1) is 13.8 Å². The maximum atomic E-state index is 5.53. The van der Waals surface area contributed by atoms with Gasteiger partial charge in [0.2, 0.25) is 5.95 Å². The number of aromatic nitrogens is 3. The average molecular weight is 279 g/mol. The van der Waals surface area contributed by atoms with E-state index in [1.807, 2.05) is 26.0 Å². The monoisotopic (exact) mass is 278 g/mol. The Morgan fingerprint density at radius 1 is 1.12 bits per heavy atom. The van der Waals surface area contributed by atoms with Crippen molar-refractivity contribution < 1.29 is 0 Å². The minimum Gasteiger partial charge on any atom is -0.368 e. The van der Waals surface area contributed by atoms with E-state index in [1.54, 1.807) is 0 Å². The third kappa shape index (κ3) is 2.04. The van der Waals surface area contributed by atoms with Gasteiger partial charge in [-0.25, -0.2) is 9.97 Å². The summed E-state index contributed by atoms with van der Waals surface area (Å²) in [5.74, 6) is 0.842. The van der Waals surface area contributed by atoms with Crippen LogP contribution in [0.1, 0.15) is 11.1 Å². The van der Waals surface area contributed by atoms with E-state index < -0.39 is 0 Å². The van der Waals surface area contributed by atoms with Gasteiger partial charge in [0.1, 0.15) is 6.33 Å². The molecule has 0 aliphatic carbocycles. The Morgan fingerprint density at radius 3 is 2.31 bits per heavy atom. The number of aryl methyl sites for hydroxylation is 2. The molecule has 0 fully saturated rings. The van der Waals surface area contributed by atoms with Gasteiger partial charge in [0.25, 0.3) is 0 Å². The number of benzene rings is 1. The highest BCUT2D eigenvalue weighted by Gasteiger charge is 2.06. The van der Waals surface area contributed by atoms with Gasteiger partial charge in [-0.2, -0.15) is 4.98 Å². The number of hydrogen-bond acceptors (Lipinski definition) is 4. The largest absolute Gasteiger partial charge is 0.368 e. The molecule has 0 aliphatic heterocycles. The number of hydrogen-bond donors (Lipinski definition) is 1. The lowest BCUT2D eigenvalue weighted by molar-refractivity contribution is 1.07. The molecule has 0 amide bonds. The summed E-state index contributed by atoms with van der Waals surface area (Å²) in [5, 5.41) is 0. The van der Waals surface area contributed by atoms with E-state index in [2.05, 4.69) is 30.9 Å². The molecule has 0 aliphatic rings. The van der Waals surface area contributed by atoms with E-state index >= 15 is 0 Å². The van der Waals surface area contributed by atoms with Gasteiger partial charge in [-0.15, -0.1) is 0 Å². The van der Waals surface area contributed by atoms with Crippen molar-refractivity contribution in [3.8, 4) is 11.4 Å². The normalized spacial score (nSPS) is 10.4. The SMILES string of the molecule is Cc1cc(-c2ncnc(N)n2)cc(C)c1Br. The van der Waals surface area contributed by atoms with E-state index in [-0.39, 0.29) is 5.95 Å². The molecular formula is C11H11BrN4. The van der Waals surface area contributed by atoms with Crippen molar-refractivity contribution in [2.75, 3.05) is 5.73 Å². The number of nitrogens with two attached hydrogens (primary N) is 1. The number of halogens is 1. The highest BCUT2D eigenvalue weighted by molar-refractivity contribution is 9.10. The van der Waals surface area contributed by atoms with Crippen molar-refractivity contribution >= 4 is 21.9 Å². The summed E-state index contributed by atoms with van der Waals surface area (Å²) in [6.07, 6.45) is 1.42. The molecule has 0 saturated heterocycles. The van der Waals surface area contributed by atoms with Gasteiger partial charge in [-0.1, -0.05) is 15.9 Å². The lowest BCUT2D eigenvalue weighted by atomic mass is 10.1. The standard InChI is InChI=1S/C11H11BrN4/c1-6-3-8(4-7(2)9(6)12)10-14-5-15-11(13)16-10/h3-5H,1-2H3,(H2,13,14,15,16). The van der Waals surface area contributed by atoms with Crippen molar-refractivity contribution in [2.45, 2.75) is 13.8 Å². The predicted molar refractivity (Wildman–Crippen MR) is 66.8 cm³/mol. The Bertz CT molecular complexity index is 516. The third-order valence-corrected chi connectivity index (χ3v) is 3.54. The van der Waals surface area contributed by atoms with Gasteiger partial charge >= 0.3 is 0 Å². The zero-order valence-electron chi connectivity index (χ0n) is 9.03. The molecule has 16 heavy (non-hydrogen) atoms. The van der Waals surface area contributed by atoms with Crippen LogP contribution in [0.3, 0.4) is 0 Å². The van der Waals surface area contributed by atoms with Crippen molar-refractivity contribution in [3.63, 3.8) is 0 Å². The van der Waals surface area contributed by atoms with Crippen LogP contribution in [0.15, 0.2) is 22.9 Å². The highest BCUT2D eigenvalue weighted by Crippen LogP contribution is 2.26. The van der Waals surface area contributed by atoms with Crippen LogP contribution < -0.4 is 5.73 Å². The van der Waals surface area contributed by atoms with Crippen LogP contribution in [0.2, 0.25) is 0 Å². The van der Waals surface area contributed by atoms with E-state index in [0.717, 1.165) is 21.2 Å².